The second-order valence-electron chi connectivity index (χ2n) is 2.30. The van der Waals surface area contributed by atoms with Crippen LogP contribution < -0.4 is 11.5 Å². The monoisotopic (exact) mass is 207 g/mol. The zero-order valence-corrected chi connectivity index (χ0v) is 8.02. The van der Waals surface area contributed by atoms with Gasteiger partial charge in [0.15, 0.2) is 0 Å². The van der Waals surface area contributed by atoms with E-state index < -0.39 is 0 Å². The van der Waals surface area contributed by atoms with Gasteiger partial charge in [-0.15, -0.1) is 0 Å². The van der Waals surface area contributed by atoms with Crippen molar-refractivity contribution in [3.63, 3.8) is 0 Å². The van der Waals surface area contributed by atoms with Gasteiger partial charge in [0.2, 0.25) is 5.96 Å². The van der Waals surface area contributed by atoms with Crippen LogP contribution in [-0.2, 0) is 14.3 Å². The van der Waals surface area contributed by atoms with Crippen molar-refractivity contribution in [2.45, 2.75) is 0 Å². The number of nitrogens with zero attached hydrogens (tertiary/aromatic N) is 1. The summed E-state index contributed by atoms with van der Waals surface area (Å²) in [5, 5.41) is 11.7. The first kappa shape index (κ1) is 12.9. The standard InChI is InChI=1S/C7H17N3O4/c8-7(9)10-14-6-5-13-4-3-12-2-1-11/h11H,1-6H2,(H4,8,9,10). The summed E-state index contributed by atoms with van der Waals surface area (Å²) in [6.45, 7) is 1.92. The van der Waals surface area contributed by atoms with E-state index in [-0.39, 0.29) is 19.2 Å². The van der Waals surface area contributed by atoms with Crippen LogP contribution in [0.5, 0.6) is 0 Å². The summed E-state index contributed by atoms with van der Waals surface area (Å²) in [4.78, 5) is 4.65. The van der Waals surface area contributed by atoms with E-state index in [2.05, 4.69) is 9.99 Å². The van der Waals surface area contributed by atoms with E-state index in [1.807, 2.05) is 0 Å². The number of oxime groups is 1. The van der Waals surface area contributed by atoms with Gasteiger partial charge in [0, 0.05) is 0 Å². The van der Waals surface area contributed by atoms with Crippen LogP contribution in [0.1, 0.15) is 0 Å². The van der Waals surface area contributed by atoms with Gasteiger partial charge in [-0.25, -0.2) is 0 Å². The maximum atomic E-state index is 8.37. The Bertz CT molecular complexity index is 150. The molecule has 0 saturated carbocycles. The van der Waals surface area contributed by atoms with Crippen LogP contribution in [0.2, 0.25) is 0 Å². The Morgan fingerprint density at radius 3 is 2.14 bits per heavy atom. The van der Waals surface area contributed by atoms with Crippen LogP contribution in [0.3, 0.4) is 0 Å². The first-order valence-electron chi connectivity index (χ1n) is 4.24. The highest BCUT2D eigenvalue weighted by Crippen LogP contribution is 1.80. The molecule has 0 aliphatic rings. The summed E-state index contributed by atoms with van der Waals surface area (Å²) in [6, 6.07) is 0. The summed E-state index contributed by atoms with van der Waals surface area (Å²) >= 11 is 0. The molecule has 0 saturated heterocycles. The molecule has 7 nitrogen and oxygen atoms in total. The Balaban J connectivity index is 2.96. The summed E-state index contributed by atoms with van der Waals surface area (Å²) < 4.78 is 10.0. The molecule has 0 fully saturated rings. The molecule has 0 spiro atoms. The lowest BCUT2D eigenvalue weighted by atomic mass is 10.7. The maximum Gasteiger partial charge on any atom is 0.228 e. The third kappa shape index (κ3) is 11.0. The average molecular weight is 207 g/mol. The first-order chi connectivity index (χ1) is 6.77. The lowest BCUT2D eigenvalue weighted by Crippen LogP contribution is -2.23. The third-order valence-corrected chi connectivity index (χ3v) is 1.10. The fraction of sp³-hybridized carbons (Fsp3) is 0.857. The number of hydrogen-bond donors (Lipinski definition) is 3. The normalized spacial score (nSPS) is 9.79. The van der Waals surface area contributed by atoms with Gasteiger partial charge >= 0.3 is 0 Å². The van der Waals surface area contributed by atoms with Crippen LogP contribution in [0, 0.1) is 0 Å². The zero-order valence-electron chi connectivity index (χ0n) is 8.02. The number of aliphatic hydroxyl groups is 1. The van der Waals surface area contributed by atoms with Crippen molar-refractivity contribution in [2.24, 2.45) is 16.6 Å². The van der Waals surface area contributed by atoms with E-state index in [4.69, 9.17) is 26.0 Å². The predicted octanol–water partition coefficient (Wildman–Crippen LogP) is -1.78. The van der Waals surface area contributed by atoms with Crippen LogP contribution in [0.15, 0.2) is 5.16 Å². The van der Waals surface area contributed by atoms with Crippen molar-refractivity contribution in [3.05, 3.63) is 0 Å². The molecule has 0 atom stereocenters. The fourth-order valence-electron chi connectivity index (χ4n) is 0.603. The molecule has 14 heavy (non-hydrogen) atoms. The molecule has 0 aromatic rings. The summed E-state index contributed by atoms with van der Waals surface area (Å²) in [6.07, 6.45) is 0. The number of nitrogens with two attached hydrogens (primary N) is 2. The molecule has 0 radical (unpaired) electrons. The summed E-state index contributed by atoms with van der Waals surface area (Å²) in [5.41, 5.74) is 10.0. The molecule has 5 N–H and O–H groups in total. The zero-order chi connectivity index (χ0) is 10.6. The minimum atomic E-state index is -0.115. The van der Waals surface area contributed by atoms with Gasteiger partial charge in [0.05, 0.1) is 33.0 Å². The van der Waals surface area contributed by atoms with Crippen LogP contribution in [-0.4, -0.2) is 50.7 Å². The van der Waals surface area contributed by atoms with E-state index in [9.17, 15) is 0 Å². The van der Waals surface area contributed by atoms with Crippen molar-refractivity contribution < 1.29 is 19.4 Å². The van der Waals surface area contributed by atoms with Gasteiger partial charge in [-0.2, -0.15) is 0 Å². The Labute approximate surface area is 82.6 Å². The molecule has 0 rings (SSSR count). The number of guanidine groups is 1. The number of ether oxygens (including phenoxy) is 2. The largest absolute Gasteiger partial charge is 0.394 e. The highest BCUT2D eigenvalue weighted by molar-refractivity contribution is 5.74. The van der Waals surface area contributed by atoms with Crippen molar-refractivity contribution in [2.75, 3.05) is 39.6 Å². The van der Waals surface area contributed by atoms with Crippen LogP contribution in [0.4, 0.5) is 0 Å². The molecule has 0 amide bonds. The molecule has 7 heteroatoms. The van der Waals surface area contributed by atoms with Crippen molar-refractivity contribution in [1.29, 1.82) is 0 Å². The quantitative estimate of drug-likeness (QED) is 0.178. The molecule has 0 aliphatic heterocycles. The molecule has 84 valence electrons. The Morgan fingerprint density at radius 2 is 1.57 bits per heavy atom. The summed E-state index contributed by atoms with van der Waals surface area (Å²) in [7, 11) is 0. The maximum absolute atomic E-state index is 8.37. The number of hydrogen-bond acceptors (Lipinski definition) is 5. The van der Waals surface area contributed by atoms with Crippen molar-refractivity contribution in [1.82, 2.24) is 0 Å². The van der Waals surface area contributed by atoms with Gasteiger partial charge in [-0.05, 0) is 5.16 Å². The van der Waals surface area contributed by atoms with Gasteiger partial charge < -0.3 is 30.9 Å². The van der Waals surface area contributed by atoms with Crippen molar-refractivity contribution >= 4 is 5.96 Å². The summed E-state index contributed by atoms with van der Waals surface area (Å²) in [5.74, 6) is -0.115. The smallest absolute Gasteiger partial charge is 0.228 e. The van der Waals surface area contributed by atoms with E-state index >= 15 is 0 Å². The van der Waals surface area contributed by atoms with E-state index in [0.717, 1.165) is 0 Å². The third-order valence-electron chi connectivity index (χ3n) is 1.10. The average Bonchev–Trinajstić information content (AvgIpc) is 2.15. The second-order valence-corrected chi connectivity index (χ2v) is 2.30. The van der Waals surface area contributed by atoms with Gasteiger partial charge in [-0.1, -0.05) is 0 Å². The lowest BCUT2D eigenvalue weighted by Gasteiger charge is -2.03. The molecule has 0 unspecified atom stereocenters. The molecule has 0 heterocycles. The molecule has 0 aromatic carbocycles. The highest BCUT2D eigenvalue weighted by atomic mass is 16.6. The predicted molar refractivity (Wildman–Crippen MR) is 50.5 cm³/mol. The fourth-order valence-corrected chi connectivity index (χ4v) is 0.603. The number of rotatable bonds is 9. The Hall–Kier alpha value is -1.05. The molecule has 0 aliphatic carbocycles. The molecule has 0 bridgehead atoms. The van der Waals surface area contributed by atoms with Crippen molar-refractivity contribution in [3.8, 4) is 0 Å². The van der Waals surface area contributed by atoms with Crippen LogP contribution >= 0.6 is 0 Å². The molecule has 0 aromatic heterocycles. The Morgan fingerprint density at radius 1 is 1.00 bits per heavy atom. The van der Waals surface area contributed by atoms with Gasteiger partial charge in [-0.3, -0.25) is 0 Å². The number of aliphatic hydroxyl groups excluding tert-OH is 1. The topological polar surface area (TPSA) is 112 Å². The van der Waals surface area contributed by atoms with E-state index in [1.165, 1.54) is 0 Å². The van der Waals surface area contributed by atoms with Crippen LogP contribution in [0.25, 0.3) is 0 Å². The second kappa shape index (κ2) is 10.0. The highest BCUT2D eigenvalue weighted by Gasteiger charge is 1.90. The van der Waals surface area contributed by atoms with Gasteiger partial charge in [0.25, 0.3) is 0 Å². The van der Waals surface area contributed by atoms with E-state index in [1.54, 1.807) is 0 Å². The van der Waals surface area contributed by atoms with E-state index in [0.29, 0.717) is 26.4 Å². The first-order valence-corrected chi connectivity index (χ1v) is 4.24. The minimum absolute atomic E-state index is 0.0214. The molecular formula is C7H17N3O4. The minimum Gasteiger partial charge on any atom is -0.394 e. The molecular weight excluding hydrogens is 190 g/mol. The Kier molecular flexibility index (Phi) is 9.28. The lowest BCUT2D eigenvalue weighted by molar-refractivity contribution is 0.00859. The van der Waals surface area contributed by atoms with Gasteiger partial charge in [0.1, 0.15) is 6.61 Å². The SMILES string of the molecule is NC(N)=NOCCOCCOCCO.